The standard InChI is InChI=1S/C16H12.2C15H11N.C12H10.C11H9N/c1-2-7-13(8-3-1)16-12-6-10-14-9-4-5-11-15(14)16;1-2-7-13(8-3-1)15-14-9-5-4-6-12(14)10-11-16-15;1-2-6-12(7-3-1)15-11-10-13-8-4-5-9-14(13)16-15;1-3-7-11(8-4-1)12-9-5-2-6-10-12;1-2-6-10(7-3-1)11-8-4-5-9-12-11/h1-12H;2*1-11H;1-10H;1-9H. The zero-order valence-corrected chi connectivity index (χ0v) is 39.9. The number of benzene rings is 10. The Morgan fingerprint density at radius 1 is 0.208 bits per heavy atom. The maximum absolute atomic E-state index is 4.65. The smallest absolute Gasteiger partial charge is 0.0780 e. The first kappa shape index (κ1) is 47.5. The van der Waals surface area contributed by atoms with Crippen LogP contribution in [0.2, 0.25) is 0 Å². The Morgan fingerprint density at radius 3 is 1.21 bits per heavy atom. The van der Waals surface area contributed by atoms with Gasteiger partial charge in [-0.05, 0) is 68.7 Å². The molecular formula is C69H53N3. The summed E-state index contributed by atoms with van der Waals surface area (Å²) in [5.74, 6) is 0. The van der Waals surface area contributed by atoms with Crippen LogP contribution >= 0.6 is 0 Å². The largest absolute Gasteiger partial charge is 0.256 e. The molecule has 0 bridgehead atoms. The third-order valence-corrected chi connectivity index (χ3v) is 11.9. The van der Waals surface area contributed by atoms with E-state index < -0.39 is 0 Å². The number of nitrogens with zero attached hydrogens (tertiary/aromatic N) is 3. The summed E-state index contributed by atoms with van der Waals surface area (Å²) in [5.41, 5.74) is 12.8. The summed E-state index contributed by atoms with van der Waals surface area (Å²) in [6, 6.07) is 106. The Balaban J connectivity index is 0.000000112. The normalized spacial score (nSPS) is 10.2. The topological polar surface area (TPSA) is 38.7 Å². The first-order chi connectivity index (χ1) is 35.8. The van der Waals surface area contributed by atoms with Crippen molar-refractivity contribution in [1.82, 2.24) is 15.0 Å². The molecule has 0 N–H and O–H groups in total. The number of aromatic nitrogens is 3. The van der Waals surface area contributed by atoms with Crippen LogP contribution in [-0.2, 0) is 0 Å². The van der Waals surface area contributed by atoms with Gasteiger partial charge in [0, 0.05) is 39.9 Å². The third-order valence-electron chi connectivity index (χ3n) is 11.9. The molecule has 13 aromatic rings. The fourth-order valence-electron chi connectivity index (χ4n) is 8.28. The quantitative estimate of drug-likeness (QED) is 0.173. The molecule has 0 unspecified atom stereocenters. The van der Waals surface area contributed by atoms with Gasteiger partial charge in [-0.25, -0.2) is 4.98 Å². The molecule has 0 spiro atoms. The minimum atomic E-state index is 1.03. The molecule has 10 aromatic carbocycles. The molecule has 0 aliphatic carbocycles. The van der Waals surface area contributed by atoms with E-state index in [1.165, 1.54) is 54.7 Å². The van der Waals surface area contributed by atoms with Gasteiger partial charge in [-0.1, -0.05) is 279 Å². The molecule has 0 fully saturated rings. The van der Waals surface area contributed by atoms with Crippen LogP contribution in [0.4, 0.5) is 0 Å². The summed E-state index contributed by atoms with van der Waals surface area (Å²) >= 11 is 0. The Kier molecular flexibility index (Phi) is 16.6. The first-order valence-electron chi connectivity index (χ1n) is 24.2. The molecule has 0 aliphatic rings. The zero-order chi connectivity index (χ0) is 48.8. The van der Waals surface area contributed by atoms with E-state index in [1.807, 2.05) is 122 Å². The molecule has 3 heteroatoms. The number of hydrogen-bond acceptors (Lipinski definition) is 3. The summed E-state index contributed by atoms with van der Waals surface area (Å²) in [5, 5.41) is 6.23. The summed E-state index contributed by atoms with van der Waals surface area (Å²) in [6.07, 6.45) is 3.67. The summed E-state index contributed by atoms with van der Waals surface area (Å²) in [7, 11) is 0. The minimum Gasteiger partial charge on any atom is -0.256 e. The molecule has 72 heavy (non-hydrogen) atoms. The van der Waals surface area contributed by atoms with Gasteiger partial charge in [0.15, 0.2) is 0 Å². The second-order valence-corrected chi connectivity index (χ2v) is 16.7. The molecule has 0 saturated heterocycles. The minimum absolute atomic E-state index is 1.03. The van der Waals surface area contributed by atoms with Crippen LogP contribution in [0.5, 0.6) is 0 Å². The molecule has 0 aliphatic heterocycles. The van der Waals surface area contributed by atoms with Gasteiger partial charge < -0.3 is 0 Å². The third kappa shape index (κ3) is 12.9. The summed E-state index contributed by atoms with van der Waals surface area (Å²) in [4.78, 5) is 13.4. The van der Waals surface area contributed by atoms with Crippen molar-refractivity contribution in [1.29, 1.82) is 0 Å². The molecule has 3 aromatic heterocycles. The molecule has 0 amide bonds. The Hall–Kier alpha value is -9.57. The average Bonchev–Trinajstić information content (AvgIpc) is 3.49. The average molecular weight is 924 g/mol. The monoisotopic (exact) mass is 923 g/mol. The van der Waals surface area contributed by atoms with Crippen LogP contribution in [0, 0.1) is 0 Å². The number of para-hydroxylation sites is 1. The van der Waals surface area contributed by atoms with Crippen LogP contribution < -0.4 is 0 Å². The van der Waals surface area contributed by atoms with E-state index >= 15 is 0 Å². The van der Waals surface area contributed by atoms with Crippen LogP contribution in [0.3, 0.4) is 0 Å². The highest BCUT2D eigenvalue weighted by Gasteiger charge is 2.05. The lowest BCUT2D eigenvalue weighted by atomic mass is 9.98. The van der Waals surface area contributed by atoms with Crippen LogP contribution in [-0.4, -0.2) is 15.0 Å². The van der Waals surface area contributed by atoms with Crippen molar-refractivity contribution >= 4 is 32.4 Å². The van der Waals surface area contributed by atoms with Crippen molar-refractivity contribution in [2.45, 2.75) is 0 Å². The Morgan fingerprint density at radius 2 is 0.639 bits per heavy atom. The fraction of sp³-hybridized carbons (Fsp3) is 0. The Labute approximate surface area is 423 Å². The summed E-state index contributed by atoms with van der Waals surface area (Å²) < 4.78 is 0. The van der Waals surface area contributed by atoms with E-state index in [9.17, 15) is 0 Å². The van der Waals surface area contributed by atoms with Crippen molar-refractivity contribution in [3.8, 4) is 56.0 Å². The molecule has 13 rings (SSSR count). The lowest BCUT2D eigenvalue weighted by Gasteiger charge is -2.06. The molecule has 3 nitrogen and oxygen atoms in total. The lowest BCUT2D eigenvalue weighted by Crippen LogP contribution is -1.84. The molecule has 0 saturated carbocycles. The van der Waals surface area contributed by atoms with Gasteiger partial charge in [0.05, 0.1) is 22.6 Å². The van der Waals surface area contributed by atoms with E-state index in [4.69, 9.17) is 0 Å². The first-order valence-corrected chi connectivity index (χ1v) is 24.2. The van der Waals surface area contributed by atoms with Gasteiger partial charge >= 0.3 is 0 Å². The maximum Gasteiger partial charge on any atom is 0.0780 e. The lowest BCUT2D eigenvalue weighted by molar-refractivity contribution is 1.33. The van der Waals surface area contributed by atoms with Gasteiger partial charge in [-0.2, -0.15) is 0 Å². The van der Waals surface area contributed by atoms with E-state index in [1.54, 1.807) is 0 Å². The zero-order valence-electron chi connectivity index (χ0n) is 39.9. The molecule has 0 atom stereocenters. The van der Waals surface area contributed by atoms with Crippen molar-refractivity contribution in [3.63, 3.8) is 0 Å². The highest BCUT2D eigenvalue weighted by molar-refractivity contribution is 5.97. The predicted molar refractivity (Wildman–Crippen MR) is 305 cm³/mol. The van der Waals surface area contributed by atoms with Crippen molar-refractivity contribution < 1.29 is 0 Å². The van der Waals surface area contributed by atoms with Gasteiger partial charge in [0.25, 0.3) is 0 Å². The molecule has 3 heterocycles. The van der Waals surface area contributed by atoms with E-state index in [0.717, 1.165) is 33.7 Å². The van der Waals surface area contributed by atoms with Crippen LogP contribution in [0.15, 0.2) is 322 Å². The van der Waals surface area contributed by atoms with Crippen molar-refractivity contribution in [3.05, 3.63) is 322 Å². The molecule has 344 valence electrons. The van der Waals surface area contributed by atoms with Crippen LogP contribution in [0.25, 0.3) is 88.5 Å². The van der Waals surface area contributed by atoms with Crippen molar-refractivity contribution in [2.24, 2.45) is 0 Å². The molecule has 0 radical (unpaired) electrons. The SMILES string of the molecule is c1ccc(-c2ccc3ccccc3n2)cc1.c1ccc(-c2cccc3ccccc23)cc1.c1ccc(-c2ccccc2)cc1.c1ccc(-c2ccccn2)cc1.c1ccc(-c2nccc3ccccc23)cc1. The van der Waals surface area contributed by atoms with Gasteiger partial charge in [-0.15, -0.1) is 0 Å². The van der Waals surface area contributed by atoms with Gasteiger partial charge in [0.1, 0.15) is 0 Å². The second kappa shape index (κ2) is 25.2. The molecular weight excluding hydrogens is 871 g/mol. The fourth-order valence-corrected chi connectivity index (χ4v) is 8.28. The number of fused-ring (bicyclic) bond motifs is 3. The number of hydrogen-bond donors (Lipinski definition) is 0. The Bertz CT molecular complexity index is 3360. The van der Waals surface area contributed by atoms with E-state index in [0.29, 0.717) is 0 Å². The van der Waals surface area contributed by atoms with Crippen molar-refractivity contribution in [2.75, 3.05) is 0 Å². The van der Waals surface area contributed by atoms with E-state index in [2.05, 4.69) is 215 Å². The predicted octanol–water partition coefficient (Wildman–Crippen LogP) is 18.4. The number of rotatable bonds is 5. The van der Waals surface area contributed by atoms with Gasteiger partial charge in [-0.3, -0.25) is 9.97 Å². The van der Waals surface area contributed by atoms with Gasteiger partial charge in [0.2, 0.25) is 0 Å². The van der Waals surface area contributed by atoms with E-state index in [-0.39, 0.29) is 0 Å². The highest BCUT2D eigenvalue weighted by Crippen LogP contribution is 2.29. The second-order valence-electron chi connectivity index (χ2n) is 16.7. The summed E-state index contributed by atoms with van der Waals surface area (Å²) in [6.45, 7) is 0. The number of pyridine rings is 3. The van der Waals surface area contributed by atoms with Crippen LogP contribution in [0.1, 0.15) is 0 Å². The highest BCUT2D eigenvalue weighted by atomic mass is 14.7. The maximum atomic E-state index is 4.65.